The second-order valence-corrected chi connectivity index (χ2v) is 14.3. The van der Waals surface area contributed by atoms with Gasteiger partial charge in [-0.05, 0) is 60.2 Å². The molecular weight excluding hydrogens is 499 g/mol. The van der Waals surface area contributed by atoms with Crippen molar-refractivity contribution in [3.63, 3.8) is 0 Å². The number of carbonyl (C=O) groups is 1. The second kappa shape index (κ2) is 11.3. The summed E-state index contributed by atoms with van der Waals surface area (Å²) < 4.78 is 5.79. The first-order valence-corrected chi connectivity index (χ1v) is 15.9. The van der Waals surface area contributed by atoms with Gasteiger partial charge in [-0.2, -0.15) is 0 Å². The fourth-order valence-electron chi connectivity index (χ4n) is 4.43. The molecular formula is C31H26O2PS2+. The number of allylic oxidation sites excluding steroid dienone is 1. The van der Waals surface area contributed by atoms with Crippen LogP contribution in [0.4, 0.5) is 0 Å². The van der Waals surface area contributed by atoms with E-state index in [1.54, 1.807) is 21.6 Å². The van der Waals surface area contributed by atoms with Crippen LogP contribution in [0.5, 0.6) is 5.75 Å². The number of rotatable bonds is 8. The molecule has 0 amide bonds. The van der Waals surface area contributed by atoms with E-state index < -0.39 is 7.26 Å². The minimum Gasteiger partial charge on any atom is -0.426 e. The summed E-state index contributed by atoms with van der Waals surface area (Å²) in [5.74, 6) is 0.357. The molecule has 0 aromatic heterocycles. The molecule has 1 heterocycles. The Morgan fingerprint density at radius 3 is 1.64 bits per heavy atom. The van der Waals surface area contributed by atoms with Crippen molar-refractivity contribution in [1.29, 1.82) is 0 Å². The molecule has 36 heavy (non-hydrogen) atoms. The fraction of sp³-hybridized carbons (Fsp3) is 0.0645. The van der Waals surface area contributed by atoms with E-state index in [2.05, 4.69) is 85.5 Å². The lowest BCUT2D eigenvalue weighted by molar-refractivity contribution is -0.133. The molecule has 178 valence electrons. The van der Waals surface area contributed by atoms with Crippen molar-refractivity contribution in [2.45, 2.75) is 6.42 Å². The van der Waals surface area contributed by atoms with E-state index >= 15 is 0 Å². The normalized spacial score (nSPS) is 13.3. The van der Waals surface area contributed by atoms with Gasteiger partial charge in [0, 0.05) is 9.81 Å². The summed E-state index contributed by atoms with van der Waals surface area (Å²) in [6.07, 6.45) is 3.10. The molecule has 0 N–H and O–H groups in total. The van der Waals surface area contributed by atoms with E-state index in [9.17, 15) is 4.79 Å². The van der Waals surface area contributed by atoms with Gasteiger partial charge in [-0.15, -0.1) is 0 Å². The third kappa shape index (κ3) is 5.37. The number of ether oxygens (including phenoxy) is 1. The Morgan fingerprint density at radius 2 is 1.19 bits per heavy atom. The maximum Gasteiger partial charge on any atom is 0.314 e. The molecule has 0 atom stereocenters. The zero-order chi connectivity index (χ0) is 24.8. The molecule has 0 fully saturated rings. The van der Waals surface area contributed by atoms with Crippen molar-refractivity contribution in [3.05, 3.63) is 138 Å². The Morgan fingerprint density at radius 1 is 0.694 bits per heavy atom. The summed E-state index contributed by atoms with van der Waals surface area (Å²) in [6, 6.07) is 39.5. The van der Waals surface area contributed by atoms with Gasteiger partial charge in [-0.3, -0.25) is 4.79 Å². The van der Waals surface area contributed by atoms with Crippen molar-refractivity contribution in [1.82, 2.24) is 0 Å². The summed E-state index contributed by atoms with van der Waals surface area (Å²) in [7, 11) is 1.31. The minimum atomic E-state index is -2.06. The van der Waals surface area contributed by atoms with Gasteiger partial charge in [0.15, 0.2) is 0 Å². The maximum atomic E-state index is 13.1. The van der Waals surface area contributed by atoms with E-state index in [0.29, 0.717) is 18.3 Å². The lowest BCUT2D eigenvalue weighted by Gasteiger charge is -2.27. The molecule has 0 radical (unpaired) electrons. The predicted octanol–water partition coefficient (Wildman–Crippen LogP) is 7.23. The summed E-state index contributed by atoms with van der Waals surface area (Å²) in [5.41, 5.74) is 1.10. The van der Waals surface area contributed by atoms with Crippen molar-refractivity contribution in [2.24, 2.45) is 0 Å². The first-order valence-electron chi connectivity index (χ1n) is 11.8. The van der Waals surface area contributed by atoms with Gasteiger partial charge in [0.25, 0.3) is 0 Å². The highest BCUT2D eigenvalue weighted by molar-refractivity contribution is 8.82. The van der Waals surface area contributed by atoms with Crippen LogP contribution in [0.1, 0.15) is 12.0 Å². The number of benzene rings is 4. The molecule has 4 aromatic carbocycles. The van der Waals surface area contributed by atoms with E-state index in [1.165, 1.54) is 20.8 Å². The smallest absolute Gasteiger partial charge is 0.314 e. The largest absolute Gasteiger partial charge is 0.426 e. The Labute approximate surface area is 221 Å². The maximum absolute atomic E-state index is 13.1. The number of hydrogen-bond acceptors (Lipinski definition) is 4. The van der Waals surface area contributed by atoms with E-state index in [0.717, 1.165) is 10.5 Å². The standard InChI is InChI=1S/C31H26O2PS2/c1-24-23-30(36-35-24)25-17-19-26(20-18-25)33-31(32)21-22-34(27-11-5-2-6-12-27,28-13-7-3-8-14-28)29-15-9-4-10-16-29/h2-20,23H,1,21-22H2/q+1. The molecule has 0 aliphatic carbocycles. The molecule has 0 saturated heterocycles. The predicted molar refractivity (Wildman–Crippen MR) is 159 cm³/mol. The van der Waals surface area contributed by atoms with E-state index in [1.807, 2.05) is 42.5 Å². The Hall–Kier alpha value is -3.04. The fourth-order valence-corrected chi connectivity index (χ4v) is 10.7. The molecule has 1 aliphatic rings. The Balaban J connectivity index is 1.40. The van der Waals surface area contributed by atoms with Crippen molar-refractivity contribution in [3.8, 4) is 5.75 Å². The average molecular weight is 526 g/mol. The van der Waals surface area contributed by atoms with Gasteiger partial charge >= 0.3 is 5.97 Å². The van der Waals surface area contributed by atoms with Gasteiger partial charge in [0.2, 0.25) is 0 Å². The number of esters is 1. The molecule has 5 rings (SSSR count). The lowest BCUT2D eigenvalue weighted by Crippen LogP contribution is -2.34. The average Bonchev–Trinajstić information content (AvgIpc) is 3.37. The highest BCUT2D eigenvalue weighted by Gasteiger charge is 2.45. The molecule has 4 aromatic rings. The van der Waals surface area contributed by atoms with Crippen molar-refractivity contribution < 1.29 is 9.53 Å². The molecule has 1 aliphatic heterocycles. The third-order valence-electron chi connectivity index (χ3n) is 6.14. The number of hydrogen-bond donors (Lipinski definition) is 0. The first kappa shape index (κ1) is 24.6. The molecule has 5 heteroatoms. The van der Waals surface area contributed by atoms with Gasteiger partial charge < -0.3 is 4.74 Å². The van der Waals surface area contributed by atoms with Crippen LogP contribution in [0, 0.1) is 0 Å². The topological polar surface area (TPSA) is 26.3 Å². The van der Waals surface area contributed by atoms with Gasteiger partial charge in [-0.25, -0.2) is 0 Å². The van der Waals surface area contributed by atoms with Crippen LogP contribution >= 0.6 is 28.9 Å². The number of carbonyl (C=O) groups excluding carboxylic acids is 1. The SMILES string of the molecule is C=C1C=C(c2ccc(OC(=O)CC[P+](c3ccccc3)(c3ccccc3)c3ccccc3)cc2)SS1. The van der Waals surface area contributed by atoms with E-state index in [4.69, 9.17) is 4.74 Å². The first-order chi connectivity index (χ1) is 17.6. The van der Waals surface area contributed by atoms with Crippen LogP contribution in [0.3, 0.4) is 0 Å². The molecule has 0 unspecified atom stereocenters. The summed E-state index contributed by atoms with van der Waals surface area (Å²) >= 11 is 0. The van der Waals surface area contributed by atoms with Crippen molar-refractivity contribution >= 4 is 55.6 Å². The molecule has 0 saturated carbocycles. The summed E-state index contributed by atoms with van der Waals surface area (Å²) in [4.78, 5) is 15.3. The van der Waals surface area contributed by atoms with Crippen LogP contribution in [-0.2, 0) is 4.79 Å². The van der Waals surface area contributed by atoms with Gasteiger partial charge in [-0.1, -0.05) is 94.9 Å². The minimum absolute atomic E-state index is 0.215. The molecule has 2 nitrogen and oxygen atoms in total. The quantitative estimate of drug-likeness (QED) is 0.105. The molecule has 0 spiro atoms. The summed E-state index contributed by atoms with van der Waals surface area (Å²) in [6.45, 7) is 3.99. The van der Waals surface area contributed by atoms with Crippen LogP contribution < -0.4 is 20.7 Å². The van der Waals surface area contributed by atoms with E-state index in [-0.39, 0.29) is 5.97 Å². The van der Waals surface area contributed by atoms with Crippen LogP contribution in [-0.4, -0.2) is 12.1 Å². The Kier molecular flexibility index (Phi) is 7.77. The highest BCUT2D eigenvalue weighted by atomic mass is 33.1. The van der Waals surface area contributed by atoms with Crippen LogP contribution in [0.15, 0.2) is 133 Å². The van der Waals surface area contributed by atoms with Crippen LogP contribution in [0.25, 0.3) is 4.91 Å². The molecule has 0 bridgehead atoms. The zero-order valence-corrected chi connectivity index (χ0v) is 22.3. The highest BCUT2D eigenvalue weighted by Crippen LogP contribution is 2.55. The van der Waals surface area contributed by atoms with Crippen molar-refractivity contribution in [2.75, 3.05) is 6.16 Å². The monoisotopic (exact) mass is 525 g/mol. The lowest BCUT2D eigenvalue weighted by atomic mass is 10.2. The third-order valence-corrected chi connectivity index (χ3v) is 13.0. The zero-order valence-electron chi connectivity index (χ0n) is 19.7. The van der Waals surface area contributed by atoms with Crippen LogP contribution in [0.2, 0.25) is 0 Å². The van der Waals surface area contributed by atoms with Gasteiger partial charge in [0.1, 0.15) is 28.9 Å². The second-order valence-electron chi connectivity index (χ2n) is 8.43. The summed E-state index contributed by atoms with van der Waals surface area (Å²) in [5, 5.41) is 3.80. The van der Waals surface area contributed by atoms with Gasteiger partial charge in [0.05, 0.1) is 12.6 Å². The Bertz CT molecular complexity index is 1270.